The number of hydrogen-bond acceptors (Lipinski definition) is 8. The van der Waals surface area contributed by atoms with Crippen LogP contribution in [0.1, 0.15) is 39.0 Å². The fourth-order valence-electron chi connectivity index (χ4n) is 6.78. The highest BCUT2D eigenvalue weighted by Gasteiger charge is 2.74. The molecule has 3 saturated heterocycles. The first-order valence-electron chi connectivity index (χ1n) is 14.1. The molecule has 5 heterocycles. The van der Waals surface area contributed by atoms with E-state index in [2.05, 4.69) is 4.90 Å². The highest BCUT2D eigenvalue weighted by Crippen LogP contribution is 2.57. The molecule has 1 spiro atoms. The van der Waals surface area contributed by atoms with Gasteiger partial charge in [0.05, 0.1) is 31.3 Å². The number of likely N-dealkylation sites (tertiary alicyclic amines) is 1. The Labute approximate surface area is 224 Å². The fraction of sp³-hybridized carbons (Fsp3) is 0.750. The van der Waals surface area contributed by atoms with Gasteiger partial charge in [0.1, 0.15) is 17.6 Å². The Balaban J connectivity index is 1.47. The molecule has 0 aliphatic carbocycles. The average Bonchev–Trinajstić information content (AvgIpc) is 3.26. The van der Waals surface area contributed by atoms with Crippen LogP contribution in [0.3, 0.4) is 0 Å². The van der Waals surface area contributed by atoms with Crippen LogP contribution in [0.4, 0.5) is 0 Å². The zero-order valence-corrected chi connectivity index (χ0v) is 22.4. The van der Waals surface area contributed by atoms with Gasteiger partial charge in [0.2, 0.25) is 11.8 Å². The van der Waals surface area contributed by atoms with E-state index in [4.69, 9.17) is 14.2 Å². The van der Waals surface area contributed by atoms with Crippen LogP contribution < -0.4 is 0 Å². The zero-order chi connectivity index (χ0) is 26.8. The number of ether oxygens (including phenoxy) is 3. The van der Waals surface area contributed by atoms with Crippen molar-refractivity contribution < 1.29 is 33.7 Å². The van der Waals surface area contributed by atoms with E-state index >= 15 is 0 Å². The number of aliphatic hydroxyl groups is 1. The molecule has 10 heteroatoms. The molecule has 5 atom stereocenters. The van der Waals surface area contributed by atoms with Crippen molar-refractivity contribution in [3.05, 3.63) is 24.3 Å². The van der Waals surface area contributed by atoms with Crippen LogP contribution in [-0.4, -0.2) is 121 Å². The van der Waals surface area contributed by atoms with Crippen molar-refractivity contribution in [2.45, 2.75) is 56.3 Å². The molecular formula is C28H41N3O7. The quantitative estimate of drug-likeness (QED) is 0.278. The maximum absolute atomic E-state index is 14.3. The molecule has 3 fully saturated rings. The Morgan fingerprint density at radius 1 is 0.947 bits per heavy atom. The van der Waals surface area contributed by atoms with E-state index in [1.165, 1.54) is 0 Å². The van der Waals surface area contributed by atoms with E-state index < -0.39 is 35.0 Å². The van der Waals surface area contributed by atoms with Crippen molar-refractivity contribution in [1.82, 2.24) is 14.7 Å². The summed E-state index contributed by atoms with van der Waals surface area (Å²) < 4.78 is 17.9. The minimum atomic E-state index is -1.25. The van der Waals surface area contributed by atoms with E-state index in [1.807, 2.05) is 36.1 Å². The Kier molecular flexibility index (Phi) is 8.23. The molecule has 5 aliphatic rings. The molecule has 210 valence electrons. The predicted molar refractivity (Wildman–Crippen MR) is 138 cm³/mol. The van der Waals surface area contributed by atoms with Crippen LogP contribution in [-0.2, 0) is 28.6 Å². The van der Waals surface area contributed by atoms with Crippen molar-refractivity contribution >= 4 is 17.8 Å². The zero-order valence-electron chi connectivity index (χ0n) is 22.4. The number of morpholine rings is 1. The Morgan fingerprint density at radius 3 is 2.55 bits per heavy atom. The average molecular weight is 532 g/mol. The molecule has 0 aromatic heterocycles. The van der Waals surface area contributed by atoms with Gasteiger partial charge in [-0.3, -0.25) is 19.3 Å². The molecule has 1 unspecified atom stereocenters. The standard InChI is InChI=1S/C28H41N3O7/c1-27-9-4-2-7-18-37-26(35)22(27)21-24(33)31(12-5-3-6-17-32)23-25(34)30(11-8-10-28(21,23)38-27)14-13-29-15-19-36-20-16-29/h4,8-10,21-23,32H,2-3,5-7,11-20H2,1H3/b9-4-/t21-,22+,23?,27-,28-/m0/s1. The highest BCUT2D eigenvalue weighted by atomic mass is 16.6. The van der Waals surface area contributed by atoms with Gasteiger partial charge in [-0.1, -0.05) is 24.3 Å². The highest BCUT2D eigenvalue weighted by molar-refractivity contribution is 5.99. The van der Waals surface area contributed by atoms with Crippen LogP contribution in [0.15, 0.2) is 24.3 Å². The minimum Gasteiger partial charge on any atom is -0.465 e. The number of nitrogens with zero attached hydrogens (tertiary/aromatic N) is 3. The lowest BCUT2D eigenvalue weighted by atomic mass is 9.74. The first-order chi connectivity index (χ1) is 18.4. The molecule has 38 heavy (non-hydrogen) atoms. The van der Waals surface area contributed by atoms with Crippen LogP contribution >= 0.6 is 0 Å². The Bertz CT molecular complexity index is 964. The van der Waals surface area contributed by atoms with Gasteiger partial charge in [-0.2, -0.15) is 0 Å². The molecule has 2 amide bonds. The third kappa shape index (κ3) is 4.92. The maximum Gasteiger partial charge on any atom is 0.313 e. The molecule has 0 aromatic carbocycles. The molecule has 1 N–H and O–H groups in total. The number of rotatable bonds is 8. The van der Waals surface area contributed by atoms with Crippen molar-refractivity contribution in [3.8, 4) is 0 Å². The summed E-state index contributed by atoms with van der Waals surface area (Å²) in [4.78, 5) is 47.6. The minimum absolute atomic E-state index is 0.0860. The van der Waals surface area contributed by atoms with Gasteiger partial charge in [-0.25, -0.2) is 0 Å². The topological polar surface area (TPSA) is 109 Å². The number of aliphatic hydroxyl groups excluding tert-OH is 1. The number of fused-ring (bicyclic) bond motifs is 2. The SMILES string of the molecule is C[C@]12/C=C\CCCOC(=O)[C@H]1[C@H]1C(=O)N(CCCCCO)C3C(=O)N(CCN4CCOCC4)CC=C[C@@]31O2. The van der Waals surface area contributed by atoms with Crippen molar-refractivity contribution in [2.75, 3.05) is 65.7 Å². The van der Waals surface area contributed by atoms with Crippen LogP contribution in [0.25, 0.3) is 0 Å². The van der Waals surface area contributed by atoms with E-state index in [0.717, 1.165) is 32.5 Å². The summed E-state index contributed by atoms with van der Waals surface area (Å²) in [5, 5.41) is 9.23. The summed E-state index contributed by atoms with van der Waals surface area (Å²) in [5.41, 5.74) is -2.31. The number of hydrogen-bond donors (Lipinski definition) is 1. The van der Waals surface area contributed by atoms with E-state index in [9.17, 15) is 19.5 Å². The van der Waals surface area contributed by atoms with E-state index in [0.29, 0.717) is 58.7 Å². The molecular weight excluding hydrogens is 490 g/mol. The number of esters is 1. The van der Waals surface area contributed by atoms with Crippen LogP contribution in [0.5, 0.6) is 0 Å². The smallest absolute Gasteiger partial charge is 0.313 e. The Morgan fingerprint density at radius 2 is 1.76 bits per heavy atom. The maximum atomic E-state index is 14.3. The van der Waals surface area contributed by atoms with Crippen LogP contribution in [0, 0.1) is 11.8 Å². The normalized spacial score (nSPS) is 36.6. The summed E-state index contributed by atoms with van der Waals surface area (Å²) in [6, 6.07) is -0.856. The van der Waals surface area contributed by atoms with Gasteiger partial charge >= 0.3 is 5.97 Å². The van der Waals surface area contributed by atoms with Crippen LogP contribution in [0.2, 0.25) is 0 Å². The second-order valence-corrected chi connectivity index (χ2v) is 11.2. The summed E-state index contributed by atoms with van der Waals surface area (Å²) >= 11 is 0. The van der Waals surface area contributed by atoms with Crippen molar-refractivity contribution in [2.24, 2.45) is 11.8 Å². The van der Waals surface area contributed by atoms with Gasteiger partial charge in [0.25, 0.3) is 0 Å². The number of carbonyl (C=O) groups excluding carboxylic acids is 3. The van der Waals surface area contributed by atoms with Gasteiger partial charge < -0.3 is 29.1 Å². The van der Waals surface area contributed by atoms with Gasteiger partial charge in [-0.05, 0) is 39.0 Å². The van der Waals surface area contributed by atoms with E-state index in [1.54, 1.807) is 4.90 Å². The second kappa shape index (κ2) is 11.5. The fourth-order valence-corrected chi connectivity index (χ4v) is 6.78. The Hall–Kier alpha value is -2.27. The lowest BCUT2D eigenvalue weighted by Gasteiger charge is -2.38. The third-order valence-corrected chi connectivity index (χ3v) is 8.68. The van der Waals surface area contributed by atoms with Crippen molar-refractivity contribution in [1.29, 1.82) is 0 Å². The van der Waals surface area contributed by atoms with Gasteiger partial charge in [-0.15, -0.1) is 0 Å². The number of unbranched alkanes of at least 4 members (excludes halogenated alkanes) is 2. The molecule has 0 saturated carbocycles. The van der Waals surface area contributed by atoms with E-state index in [-0.39, 0.29) is 18.4 Å². The van der Waals surface area contributed by atoms with Gasteiger partial charge in [0.15, 0.2) is 0 Å². The third-order valence-electron chi connectivity index (χ3n) is 8.68. The number of carbonyl (C=O) groups is 3. The summed E-state index contributed by atoms with van der Waals surface area (Å²) in [6.45, 7) is 7.32. The molecule has 5 aliphatic heterocycles. The number of allylic oxidation sites excluding steroid dienone is 1. The first kappa shape index (κ1) is 27.3. The van der Waals surface area contributed by atoms with Gasteiger partial charge in [0, 0.05) is 45.9 Å². The molecule has 0 radical (unpaired) electrons. The molecule has 10 nitrogen and oxygen atoms in total. The second-order valence-electron chi connectivity index (χ2n) is 11.2. The molecule has 0 bridgehead atoms. The first-order valence-corrected chi connectivity index (χ1v) is 14.1. The lowest BCUT2D eigenvalue weighted by Crippen LogP contribution is -2.56. The summed E-state index contributed by atoms with van der Waals surface area (Å²) in [7, 11) is 0. The summed E-state index contributed by atoms with van der Waals surface area (Å²) in [5.74, 6) is -2.50. The van der Waals surface area contributed by atoms with Crippen molar-refractivity contribution in [3.63, 3.8) is 0 Å². The lowest BCUT2D eigenvalue weighted by molar-refractivity contribution is -0.159. The molecule has 0 aromatic rings. The number of cyclic esters (lactones) is 1. The number of amides is 2. The predicted octanol–water partition coefficient (Wildman–Crippen LogP) is 0.744. The summed E-state index contributed by atoms with van der Waals surface area (Å²) in [6.07, 6.45) is 11.2. The molecule has 5 rings (SSSR count). The largest absolute Gasteiger partial charge is 0.465 e. The monoisotopic (exact) mass is 531 g/mol.